The molecule has 0 bridgehead atoms. The molecule has 3 heterocycles. The Balaban J connectivity index is 1.33. The van der Waals surface area contributed by atoms with Gasteiger partial charge in [0.25, 0.3) is 5.91 Å². The van der Waals surface area contributed by atoms with E-state index in [-0.39, 0.29) is 30.3 Å². The molecule has 1 aromatic heterocycles. The van der Waals surface area contributed by atoms with Gasteiger partial charge >= 0.3 is 0 Å². The lowest BCUT2D eigenvalue weighted by molar-refractivity contribution is -0.145. The zero-order valence-corrected chi connectivity index (χ0v) is 20.3. The Morgan fingerprint density at radius 2 is 1.88 bits per heavy atom. The Kier molecular flexibility index (Phi) is 7.37. The predicted molar refractivity (Wildman–Crippen MR) is 133 cm³/mol. The number of hydrogen-bond donors (Lipinski definition) is 0. The quantitative estimate of drug-likeness (QED) is 0.581. The van der Waals surface area contributed by atoms with Gasteiger partial charge in [0.1, 0.15) is 6.54 Å². The lowest BCUT2D eigenvalue weighted by atomic mass is 9.84. The number of carbonyl (C=O) groups excluding carboxylic acids is 2. The number of carbonyl (C=O) groups is 2. The van der Waals surface area contributed by atoms with Gasteiger partial charge in [-0.25, -0.2) is 5.01 Å². The second kappa shape index (κ2) is 10.8. The molecule has 2 aliphatic heterocycles. The minimum absolute atomic E-state index is 0.0613. The van der Waals surface area contributed by atoms with Gasteiger partial charge in [0.15, 0.2) is 0 Å². The molecule has 0 radical (unpaired) electrons. The van der Waals surface area contributed by atoms with Crippen molar-refractivity contribution in [1.29, 1.82) is 0 Å². The topological polar surface area (TPSA) is 65.5 Å². The van der Waals surface area contributed by atoms with E-state index >= 15 is 0 Å². The van der Waals surface area contributed by atoms with E-state index in [1.807, 2.05) is 47.8 Å². The highest BCUT2D eigenvalue weighted by Gasteiger charge is 2.36. The lowest BCUT2D eigenvalue weighted by Gasteiger charge is -2.34. The minimum Gasteiger partial charge on any atom is -0.379 e. The standard InChI is InChI=1S/C26H32N4O3S/c31-25(19-29(26(32)21-8-4-9-21)12-11-28-13-15-33-16-14-28)30-23(20-6-2-1-3-7-20)18-22(27-30)24-10-5-17-34-24/h1-3,5-7,10,17,21,23H,4,8-9,11-16,18-19H2. The third-order valence-corrected chi connectivity index (χ3v) is 7.96. The van der Waals surface area contributed by atoms with Crippen LogP contribution in [0.4, 0.5) is 0 Å². The number of hydrogen-bond acceptors (Lipinski definition) is 6. The molecule has 2 aromatic rings. The summed E-state index contributed by atoms with van der Waals surface area (Å²) in [6.07, 6.45) is 3.63. The van der Waals surface area contributed by atoms with E-state index in [1.54, 1.807) is 21.2 Å². The molecule has 2 fully saturated rings. The number of nitrogens with zero attached hydrogens (tertiary/aromatic N) is 4. The van der Waals surface area contributed by atoms with Gasteiger partial charge in [-0.15, -0.1) is 11.3 Å². The van der Waals surface area contributed by atoms with Crippen LogP contribution in [-0.4, -0.2) is 78.3 Å². The van der Waals surface area contributed by atoms with Crippen molar-refractivity contribution in [3.63, 3.8) is 0 Å². The largest absolute Gasteiger partial charge is 0.379 e. The van der Waals surface area contributed by atoms with Gasteiger partial charge in [-0.3, -0.25) is 14.5 Å². The Bertz CT molecular complexity index is 1000. The third kappa shape index (κ3) is 5.24. The zero-order chi connectivity index (χ0) is 23.3. The maximum atomic E-state index is 13.6. The summed E-state index contributed by atoms with van der Waals surface area (Å²) < 4.78 is 5.45. The second-order valence-corrected chi connectivity index (χ2v) is 10.2. The number of hydrazone groups is 1. The van der Waals surface area contributed by atoms with E-state index in [1.165, 1.54) is 0 Å². The first-order valence-electron chi connectivity index (χ1n) is 12.3. The average molecular weight is 481 g/mol. The Morgan fingerprint density at radius 3 is 2.56 bits per heavy atom. The number of amides is 2. The summed E-state index contributed by atoms with van der Waals surface area (Å²) in [4.78, 5) is 32.0. The molecule has 1 saturated heterocycles. The summed E-state index contributed by atoms with van der Waals surface area (Å²) in [5, 5.41) is 8.43. The fraction of sp³-hybridized carbons (Fsp3) is 0.500. The van der Waals surface area contributed by atoms with Gasteiger partial charge < -0.3 is 9.64 Å². The minimum atomic E-state index is -0.148. The summed E-state index contributed by atoms with van der Waals surface area (Å²) in [7, 11) is 0. The summed E-state index contributed by atoms with van der Waals surface area (Å²) in [5.41, 5.74) is 2.00. The normalized spacial score (nSPS) is 21.2. The summed E-state index contributed by atoms with van der Waals surface area (Å²) in [6.45, 7) is 4.59. The van der Waals surface area contributed by atoms with Crippen LogP contribution in [0.3, 0.4) is 0 Å². The van der Waals surface area contributed by atoms with Crippen molar-refractivity contribution >= 4 is 28.9 Å². The van der Waals surface area contributed by atoms with Crippen molar-refractivity contribution in [2.75, 3.05) is 45.9 Å². The highest BCUT2D eigenvalue weighted by atomic mass is 32.1. The lowest BCUT2D eigenvalue weighted by Crippen LogP contribution is -2.49. The third-order valence-electron chi connectivity index (χ3n) is 7.04. The molecule has 2 amide bonds. The average Bonchev–Trinajstić information content (AvgIpc) is 3.52. The molecular weight excluding hydrogens is 448 g/mol. The molecule has 0 N–H and O–H groups in total. The van der Waals surface area contributed by atoms with Gasteiger partial charge in [0.2, 0.25) is 5.91 Å². The number of ether oxygens (including phenoxy) is 1. The van der Waals surface area contributed by atoms with Gasteiger partial charge in [-0.05, 0) is 29.9 Å². The summed E-state index contributed by atoms with van der Waals surface area (Å²) in [5.74, 6) is 0.0620. The smallest absolute Gasteiger partial charge is 0.262 e. The Labute approximate surface area is 205 Å². The van der Waals surface area contributed by atoms with Crippen LogP contribution in [0.25, 0.3) is 0 Å². The number of thiophene rings is 1. The fourth-order valence-electron chi connectivity index (χ4n) is 4.77. The van der Waals surface area contributed by atoms with Crippen LogP contribution in [-0.2, 0) is 14.3 Å². The van der Waals surface area contributed by atoms with Crippen molar-refractivity contribution in [1.82, 2.24) is 14.8 Å². The van der Waals surface area contributed by atoms with Crippen LogP contribution in [0.5, 0.6) is 0 Å². The highest BCUT2D eigenvalue weighted by molar-refractivity contribution is 7.12. The number of rotatable bonds is 8. The first-order valence-corrected chi connectivity index (χ1v) is 13.1. The van der Waals surface area contributed by atoms with Crippen molar-refractivity contribution in [3.8, 4) is 0 Å². The number of benzene rings is 1. The van der Waals surface area contributed by atoms with Crippen LogP contribution in [0.2, 0.25) is 0 Å². The second-order valence-electron chi connectivity index (χ2n) is 9.23. The van der Waals surface area contributed by atoms with Gasteiger partial charge in [0.05, 0.1) is 29.8 Å². The van der Waals surface area contributed by atoms with E-state index in [2.05, 4.69) is 4.90 Å². The van der Waals surface area contributed by atoms with Crippen LogP contribution in [0.1, 0.15) is 42.2 Å². The Morgan fingerprint density at radius 1 is 1.09 bits per heavy atom. The van der Waals surface area contributed by atoms with Gasteiger partial charge in [-0.2, -0.15) is 5.10 Å². The van der Waals surface area contributed by atoms with Crippen molar-refractivity contribution in [3.05, 3.63) is 58.3 Å². The van der Waals surface area contributed by atoms with E-state index in [0.29, 0.717) is 13.0 Å². The first-order chi connectivity index (χ1) is 16.7. The van der Waals surface area contributed by atoms with Crippen molar-refractivity contribution in [2.24, 2.45) is 11.0 Å². The molecule has 34 heavy (non-hydrogen) atoms. The van der Waals surface area contributed by atoms with Gasteiger partial charge in [-0.1, -0.05) is 42.8 Å². The van der Waals surface area contributed by atoms with Crippen LogP contribution >= 0.6 is 11.3 Å². The molecule has 180 valence electrons. The van der Waals surface area contributed by atoms with Gasteiger partial charge in [0, 0.05) is 38.5 Å². The molecule has 1 saturated carbocycles. The first kappa shape index (κ1) is 23.2. The fourth-order valence-corrected chi connectivity index (χ4v) is 5.49. The van der Waals surface area contributed by atoms with E-state index in [0.717, 1.165) is 68.3 Å². The van der Waals surface area contributed by atoms with E-state index < -0.39 is 0 Å². The molecular formula is C26H32N4O3S. The maximum Gasteiger partial charge on any atom is 0.262 e. The van der Waals surface area contributed by atoms with Crippen LogP contribution in [0, 0.1) is 5.92 Å². The molecule has 1 aromatic carbocycles. The molecule has 1 aliphatic carbocycles. The SMILES string of the molecule is O=C(C1CCC1)N(CCN1CCOCC1)CC(=O)N1N=C(c2cccs2)CC1c1ccccc1. The van der Waals surface area contributed by atoms with Crippen LogP contribution in [0.15, 0.2) is 52.9 Å². The molecule has 5 rings (SSSR count). The van der Waals surface area contributed by atoms with Crippen molar-refractivity contribution in [2.45, 2.75) is 31.7 Å². The molecule has 3 aliphatic rings. The molecule has 7 nitrogen and oxygen atoms in total. The van der Waals surface area contributed by atoms with E-state index in [9.17, 15) is 9.59 Å². The molecule has 1 atom stereocenters. The molecule has 0 spiro atoms. The zero-order valence-electron chi connectivity index (χ0n) is 19.5. The summed E-state index contributed by atoms with van der Waals surface area (Å²) in [6, 6.07) is 14.0. The Hall–Kier alpha value is -2.55. The van der Waals surface area contributed by atoms with E-state index in [4.69, 9.17) is 9.84 Å². The molecule has 1 unspecified atom stereocenters. The number of morpholine rings is 1. The highest BCUT2D eigenvalue weighted by Crippen LogP contribution is 2.34. The van der Waals surface area contributed by atoms with Crippen LogP contribution < -0.4 is 0 Å². The van der Waals surface area contributed by atoms with Crippen molar-refractivity contribution < 1.29 is 14.3 Å². The molecule has 8 heteroatoms. The predicted octanol–water partition coefficient (Wildman–Crippen LogP) is 3.39. The summed E-state index contributed by atoms with van der Waals surface area (Å²) >= 11 is 1.64. The monoisotopic (exact) mass is 480 g/mol. The maximum absolute atomic E-state index is 13.6.